The molecule has 1 fully saturated rings. The monoisotopic (exact) mass is 288 g/mol. The summed E-state index contributed by atoms with van der Waals surface area (Å²) in [7, 11) is 3.20. The number of aliphatic carboxylic acids is 1. The first kappa shape index (κ1) is 16.7. The number of urea groups is 1. The molecule has 0 aliphatic carbocycles. The molecule has 1 rings (SSSR count). The second-order valence-corrected chi connectivity index (χ2v) is 5.03. The van der Waals surface area contributed by atoms with E-state index in [1.165, 1.54) is 0 Å². The standard InChI is InChI=1S/C13H24N2O5/c1-19-7-3-4-11(12(16)17)14-13(18)15-6-5-10(8-15)9-20-2/h10-11H,3-9H2,1-2H3,(H,14,18)(H,16,17). The zero-order chi connectivity index (χ0) is 15.0. The zero-order valence-electron chi connectivity index (χ0n) is 12.1. The fourth-order valence-electron chi connectivity index (χ4n) is 2.32. The first-order chi connectivity index (χ1) is 9.58. The van der Waals surface area contributed by atoms with Crippen molar-refractivity contribution in [2.24, 2.45) is 5.92 Å². The third kappa shape index (κ3) is 5.34. The van der Waals surface area contributed by atoms with Crippen LogP contribution in [-0.4, -0.2) is 68.6 Å². The minimum atomic E-state index is -1.01. The van der Waals surface area contributed by atoms with Gasteiger partial charge in [-0.25, -0.2) is 9.59 Å². The summed E-state index contributed by atoms with van der Waals surface area (Å²) in [5, 5.41) is 11.7. The Morgan fingerprint density at radius 1 is 1.40 bits per heavy atom. The molecule has 2 N–H and O–H groups in total. The fourth-order valence-corrected chi connectivity index (χ4v) is 2.32. The first-order valence-corrected chi connectivity index (χ1v) is 6.84. The molecule has 20 heavy (non-hydrogen) atoms. The first-order valence-electron chi connectivity index (χ1n) is 6.84. The van der Waals surface area contributed by atoms with Gasteiger partial charge in [0.1, 0.15) is 6.04 Å². The summed E-state index contributed by atoms with van der Waals surface area (Å²) in [6, 6.07) is -1.17. The van der Waals surface area contributed by atoms with Crippen molar-refractivity contribution in [3.63, 3.8) is 0 Å². The largest absolute Gasteiger partial charge is 0.480 e. The quantitative estimate of drug-likeness (QED) is 0.637. The minimum absolute atomic E-state index is 0.312. The number of nitrogens with one attached hydrogen (secondary N) is 1. The molecule has 2 atom stereocenters. The second kappa shape index (κ2) is 8.76. The summed E-state index contributed by atoms with van der Waals surface area (Å²) in [4.78, 5) is 24.8. The lowest BCUT2D eigenvalue weighted by atomic mass is 10.1. The SMILES string of the molecule is COCCCC(NC(=O)N1CCC(COC)C1)C(=O)O. The molecular formula is C13H24N2O5. The Kier molecular flexibility index (Phi) is 7.32. The fraction of sp³-hybridized carbons (Fsp3) is 0.846. The highest BCUT2D eigenvalue weighted by Crippen LogP contribution is 2.16. The van der Waals surface area contributed by atoms with Crippen molar-refractivity contribution in [2.75, 3.05) is 40.5 Å². The highest BCUT2D eigenvalue weighted by molar-refractivity contribution is 5.82. The maximum absolute atomic E-state index is 12.0. The predicted octanol–water partition coefficient (Wildman–Crippen LogP) is 0.544. The van der Waals surface area contributed by atoms with Gasteiger partial charge in [-0.05, 0) is 19.3 Å². The van der Waals surface area contributed by atoms with E-state index in [2.05, 4.69) is 5.32 Å². The highest BCUT2D eigenvalue weighted by atomic mass is 16.5. The van der Waals surface area contributed by atoms with Gasteiger partial charge >= 0.3 is 12.0 Å². The normalized spacial score (nSPS) is 19.9. The lowest BCUT2D eigenvalue weighted by Crippen LogP contribution is -2.47. The van der Waals surface area contributed by atoms with Gasteiger partial charge in [0.05, 0.1) is 6.61 Å². The molecule has 0 aromatic carbocycles. The van der Waals surface area contributed by atoms with E-state index < -0.39 is 12.0 Å². The highest BCUT2D eigenvalue weighted by Gasteiger charge is 2.28. The van der Waals surface area contributed by atoms with E-state index in [4.69, 9.17) is 14.6 Å². The topological polar surface area (TPSA) is 88.1 Å². The number of carboxylic acids is 1. The van der Waals surface area contributed by atoms with E-state index in [-0.39, 0.29) is 6.03 Å². The molecule has 2 amide bonds. The van der Waals surface area contributed by atoms with Crippen molar-refractivity contribution in [1.82, 2.24) is 10.2 Å². The molecule has 0 aromatic rings. The summed E-state index contributed by atoms with van der Waals surface area (Å²) >= 11 is 0. The van der Waals surface area contributed by atoms with Crippen LogP contribution in [-0.2, 0) is 14.3 Å². The number of rotatable bonds is 8. The van der Waals surface area contributed by atoms with Gasteiger partial charge in [0.15, 0.2) is 0 Å². The van der Waals surface area contributed by atoms with E-state index in [1.807, 2.05) is 0 Å². The summed E-state index contributed by atoms with van der Waals surface area (Å²) in [6.45, 7) is 2.37. The Labute approximate surface area is 119 Å². The van der Waals surface area contributed by atoms with Gasteiger partial charge in [-0.1, -0.05) is 0 Å². The summed E-state index contributed by atoms with van der Waals surface area (Å²) < 4.78 is 9.96. The Hall–Kier alpha value is -1.34. The molecule has 7 heteroatoms. The van der Waals surface area contributed by atoms with Crippen molar-refractivity contribution in [3.8, 4) is 0 Å². The predicted molar refractivity (Wildman–Crippen MR) is 72.6 cm³/mol. The van der Waals surface area contributed by atoms with Crippen LogP contribution in [0.5, 0.6) is 0 Å². The molecule has 0 bridgehead atoms. The number of likely N-dealkylation sites (tertiary alicyclic amines) is 1. The molecule has 0 aromatic heterocycles. The molecule has 2 unspecified atom stereocenters. The maximum atomic E-state index is 12.0. The van der Waals surface area contributed by atoms with Crippen LogP contribution in [0.4, 0.5) is 4.79 Å². The third-order valence-electron chi connectivity index (χ3n) is 3.41. The second-order valence-electron chi connectivity index (χ2n) is 5.03. The van der Waals surface area contributed by atoms with Gasteiger partial charge in [-0.2, -0.15) is 0 Å². The Morgan fingerprint density at radius 2 is 2.15 bits per heavy atom. The van der Waals surface area contributed by atoms with Gasteiger partial charge in [0, 0.05) is 39.8 Å². The minimum Gasteiger partial charge on any atom is -0.480 e. The van der Waals surface area contributed by atoms with E-state index in [9.17, 15) is 9.59 Å². The van der Waals surface area contributed by atoms with Crippen molar-refractivity contribution in [3.05, 3.63) is 0 Å². The Balaban J connectivity index is 2.40. The van der Waals surface area contributed by atoms with Crippen molar-refractivity contribution < 1.29 is 24.2 Å². The number of carbonyl (C=O) groups excluding carboxylic acids is 1. The molecule has 1 heterocycles. The number of amides is 2. The molecule has 0 spiro atoms. The molecular weight excluding hydrogens is 264 g/mol. The smallest absolute Gasteiger partial charge is 0.326 e. The van der Waals surface area contributed by atoms with Gasteiger partial charge in [-0.3, -0.25) is 0 Å². The molecule has 0 saturated carbocycles. The molecule has 1 aliphatic heterocycles. The molecule has 7 nitrogen and oxygen atoms in total. The number of carbonyl (C=O) groups is 2. The molecule has 1 aliphatic rings. The number of carboxylic acid groups (broad SMARTS) is 1. The number of ether oxygens (including phenoxy) is 2. The molecule has 1 saturated heterocycles. The van der Waals surface area contributed by atoms with Crippen LogP contribution in [0.15, 0.2) is 0 Å². The average Bonchev–Trinajstić information content (AvgIpc) is 2.86. The molecule has 116 valence electrons. The number of nitrogens with zero attached hydrogens (tertiary/aromatic N) is 1. The number of hydrogen-bond acceptors (Lipinski definition) is 4. The van der Waals surface area contributed by atoms with Crippen LogP contribution in [0.1, 0.15) is 19.3 Å². The van der Waals surface area contributed by atoms with Gasteiger partial charge < -0.3 is 24.8 Å². The van der Waals surface area contributed by atoms with Crippen molar-refractivity contribution >= 4 is 12.0 Å². The van der Waals surface area contributed by atoms with Gasteiger partial charge in [0.25, 0.3) is 0 Å². The van der Waals surface area contributed by atoms with E-state index in [0.29, 0.717) is 45.1 Å². The van der Waals surface area contributed by atoms with Gasteiger partial charge in [-0.15, -0.1) is 0 Å². The maximum Gasteiger partial charge on any atom is 0.326 e. The van der Waals surface area contributed by atoms with Crippen LogP contribution >= 0.6 is 0 Å². The average molecular weight is 288 g/mol. The Morgan fingerprint density at radius 3 is 2.75 bits per heavy atom. The van der Waals surface area contributed by atoms with Crippen molar-refractivity contribution in [2.45, 2.75) is 25.3 Å². The number of hydrogen-bond donors (Lipinski definition) is 2. The summed E-state index contributed by atoms with van der Waals surface area (Å²) in [5.74, 6) is -0.676. The van der Waals surface area contributed by atoms with Crippen LogP contribution in [0.3, 0.4) is 0 Å². The van der Waals surface area contributed by atoms with Crippen molar-refractivity contribution in [1.29, 1.82) is 0 Å². The van der Waals surface area contributed by atoms with Crippen LogP contribution in [0.25, 0.3) is 0 Å². The summed E-state index contributed by atoms with van der Waals surface area (Å²) in [5.41, 5.74) is 0. The van der Waals surface area contributed by atoms with E-state index in [0.717, 1.165) is 6.42 Å². The number of methoxy groups -OCH3 is 2. The lowest BCUT2D eigenvalue weighted by molar-refractivity contribution is -0.139. The Bertz CT molecular complexity index is 324. The lowest BCUT2D eigenvalue weighted by Gasteiger charge is -2.21. The van der Waals surface area contributed by atoms with Gasteiger partial charge in [0.2, 0.25) is 0 Å². The van der Waals surface area contributed by atoms with Crippen LogP contribution < -0.4 is 5.32 Å². The van der Waals surface area contributed by atoms with Crippen LogP contribution in [0.2, 0.25) is 0 Å². The van der Waals surface area contributed by atoms with E-state index >= 15 is 0 Å². The summed E-state index contributed by atoms with van der Waals surface area (Å²) in [6.07, 6.45) is 1.85. The third-order valence-corrected chi connectivity index (χ3v) is 3.41. The molecule has 0 radical (unpaired) electrons. The van der Waals surface area contributed by atoms with E-state index in [1.54, 1.807) is 19.1 Å². The van der Waals surface area contributed by atoms with Crippen LogP contribution in [0, 0.1) is 5.92 Å². The zero-order valence-corrected chi connectivity index (χ0v) is 12.1.